The molecule has 2 rings (SSSR count). The Bertz CT molecular complexity index is 541. The van der Waals surface area contributed by atoms with Gasteiger partial charge in [-0.05, 0) is 31.0 Å². The van der Waals surface area contributed by atoms with Gasteiger partial charge in [-0.15, -0.1) is 0 Å². The van der Waals surface area contributed by atoms with Gasteiger partial charge in [0, 0.05) is 0 Å². The maximum Gasteiger partial charge on any atom is 0.329 e. The summed E-state index contributed by atoms with van der Waals surface area (Å²) in [4.78, 5) is 23.6. The van der Waals surface area contributed by atoms with Gasteiger partial charge in [0.15, 0.2) is 0 Å². The van der Waals surface area contributed by atoms with Crippen LogP contribution in [0.2, 0.25) is 5.02 Å². The number of carbonyl (C=O) groups excluding carboxylic acids is 1. The van der Waals surface area contributed by atoms with E-state index in [-0.39, 0.29) is 10.6 Å². The number of carbonyl (C=O) groups is 2. The highest BCUT2D eigenvalue weighted by molar-refractivity contribution is 6.33. The van der Waals surface area contributed by atoms with Crippen LogP contribution in [0.1, 0.15) is 42.5 Å². The smallest absolute Gasteiger partial charge is 0.329 e. The third kappa shape index (κ3) is 2.93. The number of benzene rings is 1. The van der Waals surface area contributed by atoms with E-state index in [0.29, 0.717) is 12.8 Å². The lowest BCUT2D eigenvalue weighted by Crippen LogP contribution is -2.55. The van der Waals surface area contributed by atoms with Crippen molar-refractivity contribution in [3.63, 3.8) is 0 Å². The molecule has 1 aromatic rings. The Morgan fingerprint density at radius 2 is 1.90 bits per heavy atom. The third-order valence-electron chi connectivity index (χ3n) is 3.65. The maximum absolute atomic E-state index is 13.0. The molecule has 20 heavy (non-hydrogen) atoms. The lowest BCUT2D eigenvalue weighted by Gasteiger charge is -2.34. The van der Waals surface area contributed by atoms with E-state index in [0.717, 1.165) is 31.4 Å². The van der Waals surface area contributed by atoms with Gasteiger partial charge < -0.3 is 10.4 Å². The second kappa shape index (κ2) is 5.79. The monoisotopic (exact) mass is 299 g/mol. The van der Waals surface area contributed by atoms with Gasteiger partial charge in [0.05, 0.1) is 10.6 Å². The quantitative estimate of drug-likeness (QED) is 0.901. The largest absolute Gasteiger partial charge is 0.480 e. The van der Waals surface area contributed by atoms with Crippen molar-refractivity contribution in [2.45, 2.75) is 37.6 Å². The van der Waals surface area contributed by atoms with Gasteiger partial charge in [-0.25, -0.2) is 9.18 Å². The number of hydrogen-bond donors (Lipinski definition) is 2. The van der Waals surface area contributed by atoms with Crippen molar-refractivity contribution in [1.82, 2.24) is 5.32 Å². The Labute approximate surface area is 120 Å². The molecule has 2 N–H and O–H groups in total. The summed E-state index contributed by atoms with van der Waals surface area (Å²) < 4.78 is 13.0. The first-order chi connectivity index (χ1) is 9.44. The second-order valence-corrected chi connectivity index (χ2v) is 5.43. The van der Waals surface area contributed by atoms with Crippen LogP contribution in [-0.4, -0.2) is 22.5 Å². The molecular weight excluding hydrogens is 285 g/mol. The van der Waals surface area contributed by atoms with Crippen molar-refractivity contribution in [3.05, 3.63) is 34.6 Å². The molecule has 1 amide bonds. The molecule has 108 valence electrons. The van der Waals surface area contributed by atoms with E-state index in [4.69, 9.17) is 11.6 Å². The van der Waals surface area contributed by atoms with E-state index < -0.39 is 23.2 Å². The lowest BCUT2D eigenvalue weighted by molar-refractivity contribution is -0.145. The SMILES string of the molecule is O=C(NC1(C(=O)O)CCCCC1)c1ccc(F)cc1Cl. The molecule has 6 heteroatoms. The van der Waals surface area contributed by atoms with E-state index in [9.17, 15) is 19.1 Å². The van der Waals surface area contributed by atoms with Crippen molar-refractivity contribution in [2.24, 2.45) is 0 Å². The number of hydrogen-bond acceptors (Lipinski definition) is 2. The molecule has 0 unspecified atom stereocenters. The highest BCUT2D eigenvalue weighted by atomic mass is 35.5. The van der Waals surface area contributed by atoms with E-state index in [1.54, 1.807) is 0 Å². The van der Waals surface area contributed by atoms with Gasteiger partial charge in [0.25, 0.3) is 5.91 Å². The molecule has 0 bridgehead atoms. The fraction of sp³-hybridized carbons (Fsp3) is 0.429. The van der Waals surface area contributed by atoms with Gasteiger partial charge in [-0.3, -0.25) is 4.79 Å². The Kier molecular flexibility index (Phi) is 4.28. The summed E-state index contributed by atoms with van der Waals surface area (Å²) in [7, 11) is 0. The van der Waals surface area contributed by atoms with Crippen molar-refractivity contribution in [1.29, 1.82) is 0 Å². The summed E-state index contributed by atoms with van der Waals surface area (Å²) in [6, 6.07) is 3.41. The first-order valence-corrected chi connectivity index (χ1v) is 6.83. The Balaban J connectivity index is 2.22. The molecule has 0 atom stereocenters. The summed E-state index contributed by atoms with van der Waals surface area (Å²) in [5.74, 6) is -2.17. The number of aliphatic carboxylic acids is 1. The van der Waals surface area contributed by atoms with Crippen LogP contribution in [0, 0.1) is 5.82 Å². The van der Waals surface area contributed by atoms with Crippen LogP contribution >= 0.6 is 11.6 Å². The minimum Gasteiger partial charge on any atom is -0.480 e. The molecule has 1 aliphatic carbocycles. The predicted molar refractivity (Wildman–Crippen MR) is 72.3 cm³/mol. The summed E-state index contributed by atoms with van der Waals surface area (Å²) in [6.45, 7) is 0. The summed E-state index contributed by atoms with van der Waals surface area (Å²) >= 11 is 5.82. The lowest BCUT2D eigenvalue weighted by atomic mass is 9.81. The number of rotatable bonds is 3. The normalized spacial score (nSPS) is 17.5. The predicted octanol–water partition coefficient (Wildman–Crippen LogP) is 3.00. The average Bonchev–Trinajstić information content (AvgIpc) is 2.39. The van der Waals surface area contributed by atoms with Crippen LogP contribution in [-0.2, 0) is 4.79 Å². The third-order valence-corrected chi connectivity index (χ3v) is 3.96. The van der Waals surface area contributed by atoms with E-state index in [1.807, 2.05) is 0 Å². The Morgan fingerprint density at radius 1 is 1.25 bits per heavy atom. The molecule has 1 aliphatic rings. The molecule has 0 aromatic heterocycles. The van der Waals surface area contributed by atoms with Gasteiger partial charge in [0.2, 0.25) is 0 Å². The van der Waals surface area contributed by atoms with E-state index in [2.05, 4.69) is 5.32 Å². The van der Waals surface area contributed by atoms with Crippen molar-refractivity contribution in [2.75, 3.05) is 0 Å². The summed E-state index contributed by atoms with van der Waals surface area (Å²) in [6.07, 6.45) is 3.26. The number of carboxylic acids is 1. The fourth-order valence-electron chi connectivity index (χ4n) is 2.51. The minimum atomic E-state index is -1.24. The minimum absolute atomic E-state index is 0.0288. The summed E-state index contributed by atoms with van der Waals surface area (Å²) in [5.41, 5.74) is -1.16. The van der Waals surface area contributed by atoms with Gasteiger partial charge >= 0.3 is 5.97 Å². The molecule has 1 aromatic carbocycles. The number of amides is 1. The zero-order valence-electron chi connectivity index (χ0n) is 10.8. The van der Waals surface area contributed by atoms with Crippen LogP contribution in [0.4, 0.5) is 4.39 Å². The topological polar surface area (TPSA) is 66.4 Å². The zero-order valence-corrected chi connectivity index (χ0v) is 11.5. The molecule has 4 nitrogen and oxygen atoms in total. The molecule has 0 radical (unpaired) electrons. The Morgan fingerprint density at radius 3 is 2.45 bits per heavy atom. The number of halogens is 2. The molecule has 0 saturated heterocycles. The molecule has 1 saturated carbocycles. The fourth-order valence-corrected chi connectivity index (χ4v) is 2.76. The highest BCUT2D eigenvalue weighted by Gasteiger charge is 2.41. The van der Waals surface area contributed by atoms with E-state index in [1.165, 1.54) is 6.07 Å². The first-order valence-electron chi connectivity index (χ1n) is 6.45. The number of carboxylic acid groups (broad SMARTS) is 1. The van der Waals surface area contributed by atoms with Crippen molar-refractivity contribution >= 4 is 23.5 Å². The Hall–Kier alpha value is -1.62. The van der Waals surface area contributed by atoms with E-state index >= 15 is 0 Å². The molecule has 0 aliphatic heterocycles. The molecule has 1 fully saturated rings. The summed E-state index contributed by atoms with van der Waals surface area (Å²) in [5, 5.41) is 11.9. The second-order valence-electron chi connectivity index (χ2n) is 5.03. The van der Waals surface area contributed by atoms with Crippen LogP contribution in [0.25, 0.3) is 0 Å². The standard InChI is InChI=1S/C14H15ClFNO3/c15-11-8-9(16)4-5-10(11)12(18)17-14(13(19)20)6-2-1-3-7-14/h4-5,8H,1-3,6-7H2,(H,17,18)(H,19,20). The van der Waals surface area contributed by atoms with Gasteiger partial charge in [-0.1, -0.05) is 30.9 Å². The highest BCUT2D eigenvalue weighted by Crippen LogP contribution is 2.29. The zero-order chi connectivity index (χ0) is 14.8. The van der Waals surface area contributed by atoms with Gasteiger partial charge in [0.1, 0.15) is 11.4 Å². The maximum atomic E-state index is 13.0. The molecular formula is C14H15ClFNO3. The average molecular weight is 300 g/mol. The van der Waals surface area contributed by atoms with Crippen molar-refractivity contribution in [3.8, 4) is 0 Å². The molecule has 0 heterocycles. The van der Waals surface area contributed by atoms with Crippen molar-refractivity contribution < 1.29 is 19.1 Å². The van der Waals surface area contributed by atoms with Crippen LogP contribution < -0.4 is 5.32 Å². The van der Waals surface area contributed by atoms with Crippen LogP contribution in [0.5, 0.6) is 0 Å². The first kappa shape index (κ1) is 14.8. The van der Waals surface area contributed by atoms with Gasteiger partial charge in [-0.2, -0.15) is 0 Å². The number of nitrogens with one attached hydrogen (secondary N) is 1. The van der Waals surface area contributed by atoms with Crippen LogP contribution in [0.3, 0.4) is 0 Å². The van der Waals surface area contributed by atoms with Crippen LogP contribution in [0.15, 0.2) is 18.2 Å². The molecule has 0 spiro atoms.